The number of nitrogens with two attached hydrogens (primary N) is 1. The molecule has 0 aliphatic carbocycles. The monoisotopic (exact) mass is 268 g/mol. The average molecular weight is 269 g/mol. The minimum absolute atomic E-state index is 0.00265. The van der Waals surface area contributed by atoms with Crippen molar-refractivity contribution >= 4 is 17.5 Å². The van der Waals surface area contributed by atoms with Crippen LogP contribution in [0.1, 0.15) is 23.7 Å². The number of amides is 1. The molecule has 0 spiro atoms. The number of piperidine rings is 1. The summed E-state index contributed by atoms with van der Waals surface area (Å²) in [6, 6.07) is 4.52. The first-order chi connectivity index (χ1) is 8.49. The molecule has 1 amide bonds. The summed E-state index contributed by atoms with van der Waals surface area (Å²) < 4.78 is 0. The number of halogens is 1. The molecule has 1 heterocycles. The highest BCUT2D eigenvalue weighted by atomic mass is 35.5. The van der Waals surface area contributed by atoms with Crippen molar-refractivity contribution in [2.45, 2.75) is 19.4 Å². The first-order valence-corrected chi connectivity index (χ1v) is 6.40. The third-order valence-corrected chi connectivity index (χ3v) is 3.73. The molecule has 1 aromatic rings. The van der Waals surface area contributed by atoms with E-state index in [4.69, 9.17) is 17.3 Å². The van der Waals surface area contributed by atoms with E-state index in [1.165, 1.54) is 6.07 Å². The highest BCUT2D eigenvalue weighted by molar-refractivity contribution is 6.30. The molecule has 2 atom stereocenters. The van der Waals surface area contributed by atoms with Gasteiger partial charge >= 0.3 is 0 Å². The van der Waals surface area contributed by atoms with E-state index in [1.54, 1.807) is 17.0 Å². The van der Waals surface area contributed by atoms with Crippen LogP contribution in [0, 0.1) is 5.92 Å². The summed E-state index contributed by atoms with van der Waals surface area (Å²) in [4.78, 5) is 13.9. The van der Waals surface area contributed by atoms with Gasteiger partial charge in [0.2, 0.25) is 0 Å². The Kier molecular flexibility index (Phi) is 3.78. The van der Waals surface area contributed by atoms with E-state index < -0.39 is 0 Å². The average Bonchev–Trinajstić information content (AvgIpc) is 2.32. The quantitative estimate of drug-likeness (QED) is 0.817. The molecular weight excluding hydrogens is 252 g/mol. The van der Waals surface area contributed by atoms with Gasteiger partial charge in [-0.3, -0.25) is 4.79 Å². The molecule has 1 saturated heterocycles. The summed E-state index contributed by atoms with van der Waals surface area (Å²) in [6.07, 6.45) is 0.890. The molecule has 1 fully saturated rings. The Labute approximate surface area is 111 Å². The van der Waals surface area contributed by atoms with E-state index in [9.17, 15) is 9.90 Å². The Morgan fingerprint density at radius 2 is 2.28 bits per heavy atom. The molecular formula is C13H17ClN2O2. The molecule has 0 radical (unpaired) electrons. The van der Waals surface area contributed by atoms with E-state index >= 15 is 0 Å². The second-order valence-corrected chi connectivity index (χ2v) is 5.28. The standard InChI is InChI=1S/C13H17ClN2O2/c1-8-4-5-16(7-11(8)15)13(18)10-3-2-9(14)6-12(10)17/h2-3,6,8,11,17H,4-5,7,15H2,1H3. The highest BCUT2D eigenvalue weighted by Crippen LogP contribution is 2.25. The second kappa shape index (κ2) is 5.16. The van der Waals surface area contributed by atoms with Gasteiger partial charge < -0.3 is 15.7 Å². The second-order valence-electron chi connectivity index (χ2n) is 4.84. The Bertz CT molecular complexity index is 464. The lowest BCUT2D eigenvalue weighted by atomic mass is 9.94. The molecule has 18 heavy (non-hydrogen) atoms. The third-order valence-electron chi connectivity index (χ3n) is 3.49. The number of phenols is 1. The third kappa shape index (κ3) is 2.60. The van der Waals surface area contributed by atoms with Gasteiger partial charge in [0.1, 0.15) is 5.75 Å². The number of nitrogens with zero attached hydrogens (tertiary/aromatic N) is 1. The molecule has 1 aliphatic heterocycles. The largest absolute Gasteiger partial charge is 0.507 e. The van der Waals surface area contributed by atoms with Crippen molar-refractivity contribution in [3.63, 3.8) is 0 Å². The van der Waals surface area contributed by atoms with Crippen LogP contribution < -0.4 is 5.73 Å². The number of phenolic OH excluding ortho intramolecular Hbond substituents is 1. The van der Waals surface area contributed by atoms with Gasteiger partial charge in [0.25, 0.3) is 5.91 Å². The van der Waals surface area contributed by atoms with Gasteiger partial charge in [0.15, 0.2) is 0 Å². The molecule has 4 nitrogen and oxygen atoms in total. The summed E-state index contributed by atoms with van der Waals surface area (Å²) in [7, 11) is 0. The van der Waals surface area contributed by atoms with Crippen LogP contribution in [-0.4, -0.2) is 35.0 Å². The lowest BCUT2D eigenvalue weighted by Gasteiger charge is -2.35. The maximum absolute atomic E-state index is 12.3. The van der Waals surface area contributed by atoms with E-state index in [0.717, 1.165) is 6.42 Å². The summed E-state index contributed by atoms with van der Waals surface area (Å²) >= 11 is 5.74. The van der Waals surface area contributed by atoms with Crippen LogP contribution in [0.2, 0.25) is 5.02 Å². The smallest absolute Gasteiger partial charge is 0.257 e. The Morgan fingerprint density at radius 3 is 2.89 bits per heavy atom. The topological polar surface area (TPSA) is 66.6 Å². The number of likely N-dealkylation sites (tertiary alicyclic amines) is 1. The lowest BCUT2D eigenvalue weighted by Crippen LogP contribution is -2.49. The number of benzene rings is 1. The van der Waals surface area contributed by atoms with Gasteiger partial charge in [-0.15, -0.1) is 0 Å². The fourth-order valence-electron chi connectivity index (χ4n) is 2.14. The fourth-order valence-corrected chi connectivity index (χ4v) is 2.31. The minimum atomic E-state index is -0.188. The van der Waals surface area contributed by atoms with Crippen LogP contribution in [0.3, 0.4) is 0 Å². The van der Waals surface area contributed by atoms with Crippen molar-refractivity contribution in [1.82, 2.24) is 4.90 Å². The van der Waals surface area contributed by atoms with Crippen molar-refractivity contribution in [3.05, 3.63) is 28.8 Å². The lowest BCUT2D eigenvalue weighted by molar-refractivity contribution is 0.0669. The van der Waals surface area contributed by atoms with Crippen molar-refractivity contribution in [2.24, 2.45) is 11.7 Å². The number of aromatic hydroxyl groups is 1. The van der Waals surface area contributed by atoms with Gasteiger partial charge in [0.05, 0.1) is 5.56 Å². The Balaban J connectivity index is 2.16. The molecule has 0 aromatic heterocycles. The van der Waals surface area contributed by atoms with Crippen LogP contribution in [0.25, 0.3) is 0 Å². The molecule has 0 saturated carbocycles. The van der Waals surface area contributed by atoms with Gasteiger partial charge in [-0.1, -0.05) is 18.5 Å². The van der Waals surface area contributed by atoms with Crippen molar-refractivity contribution in [3.8, 4) is 5.75 Å². The molecule has 98 valence electrons. The van der Waals surface area contributed by atoms with Crippen molar-refractivity contribution < 1.29 is 9.90 Å². The maximum Gasteiger partial charge on any atom is 0.257 e. The van der Waals surface area contributed by atoms with Gasteiger partial charge in [-0.25, -0.2) is 0 Å². The van der Waals surface area contributed by atoms with Crippen LogP contribution in [-0.2, 0) is 0 Å². The molecule has 1 aliphatic rings. The summed E-state index contributed by atoms with van der Waals surface area (Å²) in [5.41, 5.74) is 6.25. The van der Waals surface area contributed by atoms with Crippen LogP contribution >= 0.6 is 11.6 Å². The number of rotatable bonds is 1. The Morgan fingerprint density at radius 1 is 1.56 bits per heavy atom. The zero-order chi connectivity index (χ0) is 13.3. The zero-order valence-corrected chi connectivity index (χ0v) is 11.0. The van der Waals surface area contributed by atoms with Gasteiger partial charge in [0, 0.05) is 24.2 Å². The summed E-state index contributed by atoms with van der Waals surface area (Å²) in [6.45, 7) is 3.30. The van der Waals surface area contributed by atoms with Crippen LogP contribution in [0.5, 0.6) is 5.75 Å². The van der Waals surface area contributed by atoms with Gasteiger partial charge in [-0.05, 0) is 30.5 Å². The van der Waals surface area contributed by atoms with Crippen LogP contribution in [0.15, 0.2) is 18.2 Å². The van der Waals surface area contributed by atoms with E-state index in [2.05, 4.69) is 6.92 Å². The number of carbonyl (C=O) groups is 1. The van der Waals surface area contributed by atoms with E-state index in [1.807, 2.05) is 0 Å². The molecule has 2 rings (SSSR count). The van der Waals surface area contributed by atoms with Crippen LogP contribution in [0.4, 0.5) is 0 Å². The molecule has 2 unspecified atom stereocenters. The predicted molar refractivity (Wildman–Crippen MR) is 70.8 cm³/mol. The van der Waals surface area contributed by atoms with E-state index in [0.29, 0.717) is 24.0 Å². The summed E-state index contributed by atoms with van der Waals surface area (Å²) in [5, 5.41) is 10.2. The fraction of sp³-hybridized carbons (Fsp3) is 0.462. The van der Waals surface area contributed by atoms with E-state index in [-0.39, 0.29) is 23.3 Å². The predicted octanol–water partition coefficient (Wildman–Crippen LogP) is 1.85. The minimum Gasteiger partial charge on any atom is -0.507 e. The SMILES string of the molecule is CC1CCN(C(=O)c2ccc(Cl)cc2O)CC1N. The zero-order valence-electron chi connectivity index (χ0n) is 10.3. The molecule has 3 N–H and O–H groups in total. The summed E-state index contributed by atoms with van der Waals surface area (Å²) in [5.74, 6) is 0.152. The Hall–Kier alpha value is -1.26. The molecule has 5 heteroatoms. The van der Waals surface area contributed by atoms with Crippen molar-refractivity contribution in [1.29, 1.82) is 0 Å². The number of carbonyl (C=O) groups excluding carboxylic acids is 1. The molecule has 1 aromatic carbocycles. The first kappa shape index (κ1) is 13.2. The van der Waals surface area contributed by atoms with Crippen molar-refractivity contribution in [2.75, 3.05) is 13.1 Å². The normalized spacial score (nSPS) is 24.1. The van der Waals surface area contributed by atoms with Gasteiger partial charge in [-0.2, -0.15) is 0 Å². The number of hydrogen-bond donors (Lipinski definition) is 2. The maximum atomic E-state index is 12.3. The molecule has 0 bridgehead atoms. The first-order valence-electron chi connectivity index (χ1n) is 6.02. The number of hydrogen-bond acceptors (Lipinski definition) is 3. The highest BCUT2D eigenvalue weighted by Gasteiger charge is 2.27.